The summed E-state index contributed by atoms with van der Waals surface area (Å²) < 4.78 is 7.15. The van der Waals surface area contributed by atoms with Crippen LogP contribution in [0.1, 0.15) is 32.9 Å². The van der Waals surface area contributed by atoms with Crippen LogP contribution in [0, 0.1) is 13.8 Å². The van der Waals surface area contributed by atoms with E-state index in [4.69, 9.17) is 10.5 Å². The summed E-state index contributed by atoms with van der Waals surface area (Å²) in [5.74, 6) is -0.263. The van der Waals surface area contributed by atoms with Crippen molar-refractivity contribution in [3.05, 3.63) is 82.7 Å². The number of nitrogens with one attached hydrogen (secondary N) is 1. The van der Waals surface area contributed by atoms with Crippen LogP contribution in [-0.4, -0.2) is 28.2 Å². The molecule has 0 aliphatic carbocycles. The minimum atomic E-state index is -0.551. The third-order valence-corrected chi connectivity index (χ3v) is 4.63. The number of aryl methyl sites for hydroxylation is 1. The van der Waals surface area contributed by atoms with Crippen molar-refractivity contribution in [1.82, 2.24) is 15.1 Å². The molecule has 0 saturated heterocycles. The van der Waals surface area contributed by atoms with Gasteiger partial charge in [-0.25, -0.2) is 0 Å². The Hall–Kier alpha value is -3.61. The molecule has 2 aromatic carbocycles. The maximum atomic E-state index is 12.5. The molecule has 3 rings (SSSR count). The van der Waals surface area contributed by atoms with E-state index in [0.29, 0.717) is 24.4 Å². The van der Waals surface area contributed by atoms with Crippen LogP contribution in [0.25, 0.3) is 0 Å². The van der Waals surface area contributed by atoms with Crippen molar-refractivity contribution in [3.63, 3.8) is 0 Å². The second-order valence-corrected chi connectivity index (χ2v) is 6.75. The Morgan fingerprint density at radius 1 is 1.07 bits per heavy atom. The van der Waals surface area contributed by atoms with Crippen LogP contribution in [0.3, 0.4) is 0 Å². The molecule has 0 spiro atoms. The molecule has 0 radical (unpaired) electrons. The first-order valence-corrected chi connectivity index (χ1v) is 9.30. The van der Waals surface area contributed by atoms with E-state index < -0.39 is 5.91 Å². The fourth-order valence-corrected chi connectivity index (χ4v) is 3.03. The van der Waals surface area contributed by atoms with Crippen LogP contribution in [0.5, 0.6) is 5.75 Å². The molecule has 0 aliphatic rings. The summed E-state index contributed by atoms with van der Waals surface area (Å²) in [5, 5.41) is 7.55. The summed E-state index contributed by atoms with van der Waals surface area (Å²) in [7, 11) is 0. The van der Waals surface area contributed by atoms with Crippen LogP contribution < -0.4 is 15.8 Å². The molecule has 1 heterocycles. The van der Waals surface area contributed by atoms with Gasteiger partial charge in [0.1, 0.15) is 5.75 Å². The molecule has 0 aliphatic heterocycles. The molecule has 1 aromatic heterocycles. The summed E-state index contributed by atoms with van der Waals surface area (Å²) in [5.41, 5.74) is 9.66. The summed E-state index contributed by atoms with van der Waals surface area (Å²) in [6.07, 6.45) is 0. The summed E-state index contributed by atoms with van der Waals surface area (Å²) in [6.45, 7) is 4.84. The average molecular weight is 392 g/mol. The van der Waals surface area contributed by atoms with Gasteiger partial charge in [0.25, 0.3) is 11.8 Å². The van der Waals surface area contributed by atoms with E-state index in [1.807, 2.05) is 36.7 Å². The highest BCUT2D eigenvalue weighted by Gasteiger charge is 2.14. The Labute approximate surface area is 169 Å². The van der Waals surface area contributed by atoms with Gasteiger partial charge in [0, 0.05) is 23.4 Å². The minimum Gasteiger partial charge on any atom is -0.484 e. The van der Waals surface area contributed by atoms with E-state index in [9.17, 15) is 9.59 Å². The lowest BCUT2D eigenvalue weighted by Crippen LogP contribution is -2.23. The molecule has 3 N–H and O–H groups in total. The molecule has 0 saturated carbocycles. The number of benzene rings is 2. The molecule has 0 fully saturated rings. The smallest absolute Gasteiger partial charge is 0.255 e. The third kappa shape index (κ3) is 5.22. The highest BCUT2D eigenvalue weighted by Crippen LogP contribution is 2.16. The van der Waals surface area contributed by atoms with Crippen molar-refractivity contribution >= 4 is 11.8 Å². The number of aromatic nitrogens is 2. The summed E-state index contributed by atoms with van der Waals surface area (Å²) in [4.78, 5) is 23.2. The second kappa shape index (κ2) is 9.05. The number of amides is 2. The monoisotopic (exact) mass is 392 g/mol. The van der Waals surface area contributed by atoms with Crippen LogP contribution >= 0.6 is 0 Å². The van der Waals surface area contributed by atoms with Crippen molar-refractivity contribution in [3.8, 4) is 5.75 Å². The maximum Gasteiger partial charge on any atom is 0.255 e. The molecule has 29 heavy (non-hydrogen) atoms. The van der Waals surface area contributed by atoms with Crippen LogP contribution in [0.4, 0.5) is 0 Å². The molecule has 7 heteroatoms. The number of carbonyl (C=O) groups is 2. The first kappa shape index (κ1) is 20.1. The quantitative estimate of drug-likeness (QED) is 0.615. The molecular weight excluding hydrogens is 368 g/mol. The number of ether oxygens (including phenoxy) is 1. The van der Waals surface area contributed by atoms with E-state index in [2.05, 4.69) is 22.5 Å². The lowest BCUT2D eigenvalue weighted by atomic mass is 10.1. The topological polar surface area (TPSA) is 99.2 Å². The SMILES string of the molecule is Cc1nn(Cc2ccccc2)c(C)c1CNC(=O)c1ccc(OCC(N)=O)cc1. The second-order valence-electron chi connectivity index (χ2n) is 6.75. The minimum absolute atomic E-state index is 0.193. The van der Waals surface area contributed by atoms with E-state index in [1.165, 1.54) is 5.56 Å². The Bertz CT molecular complexity index is 995. The zero-order valence-electron chi connectivity index (χ0n) is 16.5. The summed E-state index contributed by atoms with van der Waals surface area (Å²) >= 11 is 0. The molecule has 2 amide bonds. The molecule has 150 valence electrons. The van der Waals surface area contributed by atoms with Gasteiger partial charge >= 0.3 is 0 Å². The lowest BCUT2D eigenvalue weighted by molar-refractivity contribution is -0.119. The van der Waals surface area contributed by atoms with E-state index in [0.717, 1.165) is 17.0 Å². The highest BCUT2D eigenvalue weighted by atomic mass is 16.5. The molecule has 0 unspecified atom stereocenters. The van der Waals surface area contributed by atoms with Gasteiger partial charge in [-0.05, 0) is 43.7 Å². The number of primary amides is 1. The van der Waals surface area contributed by atoms with Gasteiger partial charge in [0.15, 0.2) is 6.61 Å². The fraction of sp³-hybridized carbons (Fsp3) is 0.227. The van der Waals surface area contributed by atoms with Crippen molar-refractivity contribution in [2.24, 2.45) is 5.73 Å². The van der Waals surface area contributed by atoms with Gasteiger partial charge in [0.2, 0.25) is 0 Å². The van der Waals surface area contributed by atoms with E-state index in [1.54, 1.807) is 24.3 Å². The van der Waals surface area contributed by atoms with Gasteiger partial charge in [0.05, 0.1) is 12.2 Å². The van der Waals surface area contributed by atoms with Crippen LogP contribution in [-0.2, 0) is 17.9 Å². The van der Waals surface area contributed by atoms with Crippen molar-refractivity contribution < 1.29 is 14.3 Å². The number of nitrogens with two attached hydrogens (primary N) is 1. The third-order valence-electron chi connectivity index (χ3n) is 4.63. The predicted octanol–water partition coefficient (Wildman–Crippen LogP) is 2.34. The highest BCUT2D eigenvalue weighted by molar-refractivity contribution is 5.94. The summed E-state index contributed by atoms with van der Waals surface area (Å²) in [6, 6.07) is 16.7. The van der Waals surface area contributed by atoms with E-state index >= 15 is 0 Å². The van der Waals surface area contributed by atoms with Crippen LogP contribution in [0.2, 0.25) is 0 Å². The number of hydrogen-bond acceptors (Lipinski definition) is 4. The van der Waals surface area contributed by atoms with Gasteiger partial charge < -0.3 is 15.8 Å². The zero-order chi connectivity index (χ0) is 20.8. The molecule has 0 atom stereocenters. The van der Waals surface area contributed by atoms with Gasteiger partial charge in [-0.15, -0.1) is 0 Å². The first-order valence-electron chi connectivity index (χ1n) is 9.30. The fourth-order valence-electron chi connectivity index (χ4n) is 3.03. The average Bonchev–Trinajstić information content (AvgIpc) is 2.98. The van der Waals surface area contributed by atoms with Gasteiger partial charge in [-0.3, -0.25) is 14.3 Å². The number of rotatable bonds is 8. The predicted molar refractivity (Wildman–Crippen MR) is 110 cm³/mol. The van der Waals surface area contributed by atoms with Gasteiger partial charge in [-0.2, -0.15) is 5.10 Å². The lowest BCUT2D eigenvalue weighted by Gasteiger charge is -2.08. The van der Waals surface area contributed by atoms with Gasteiger partial charge in [-0.1, -0.05) is 30.3 Å². The zero-order valence-corrected chi connectivity index (χ0v) is 16.5. The number of hydrogen-bond donors (Lipinski definition) is 2. The Morgan fingerprint density at radius 2 is 1.76 bits per heavy atom. The Morgan fingerprint density at radius 3 is 2.41 bits per heavy atom. The van der Waals surface area contributed by atoms with Crippen molar-refractivity contribution in [2.75, 3.05) is 6.61 Å². The number of carbonyl (C=O) groups excluding carboxylic acids is 2. The largest absolute Gasteiger partial charge is 0.484 e. The molecular formula is C22H24N4O3. The Balaban J connectivity index is 1.62. The van der Waals surface area contributed by atoms with Crippen LogP contribution in [0.15, 0.2) is 54.6 Å². The molecule has 7 nitrogen and oxygen atoms in total. The maximum absolute atomic E-state index is 12.5. The Kier molecular flexibility index (Phi) is 6.29. The van der Waals surface area contributed by atoms with E-state index in [-0.39, 0.29) is 12.5 Å². The number of nitrogens with zero attached hydrogens (tertiary/aromatic N) is 2. The standard InChI is InChI=1S/C22H24N4O3/c1-15-20(16(2)26(25-15)13-17-6-4-3-5-7-17)12-24-22(28)18-8-10-19(11-9-18)29-14-21(23)27/h3-11H,12-14H2,1-2H3,(H2,23,27)(H,24,28). The normalized spacial score (nSPS) is 10.6. The van der Waals surface area contributed by atoms with Crippen molar-refractivity contribution in [2.45, 2.75) is 26.9 Å². The molecule has 3 aromatic rings. The molecule has 0 bridgehead atoms. The van der Waals surface area contributed by atoms with Crippen molar-refractivity contribution in [1.29, 1.82) is 0 Å². The first-order chi connectivity index (χ1) is 13.9.